The predicted molar refractivity (Wildman–Crippen MR) is 59.3 cm³/mol. The molecule has 0 bridgehead atoms. The van der Waals surface area contributed by atoms with E-state index >= 15 is 0 Å². The van der Waals surface area contributed by atoms with Crippen molar-refractivity contribution in [2.45, 2.75) is 31.9 Å². The first-order valence-electron chi connectivity index (χ1n) is 4.95. The number of nitrogens with two attached hydrogens (primary N) is 1. The lowest BCUT2D eigenvalue weighted by molar-refractivity contribution is 0.133. The Morgan fingerprint density at radius 2 is 2.20 bits per heavy atom. The highest BCUT2D eigenvalue weighted by molar-refractivity contribution is 6.30. The summed E-state index contributed by atoms with van der Waals surface area (Å²) < 4.78 is 13.5. The molecule has 0 amide bonds. The third-order valence-electron chi connectivity index (χ3n) is 2.34. The second kappa shape index (κ2) is 5.45. The number of hydrogen-bond acceptors (Lipinski definition) is 2. The molecule has 2 atom stereocenters. The van der Waals surface area contributed by atoms with Gasteiger partial charge in [-0.3, -0.25) is 0 Å². The molecular weight excluding hydrogens is 217 g/mol. The summed E-state index contributed by atoms with van der Waals surface area (Å²) in [5, 5.41) is 9.69. The van der Waals surface area contributed by atoms with Gasteiger partial charge in [-0.25, -0.2) is 4.39 Å². The average molecular weight is 232 g/mol. The number of aliphatic hydroxyl groups excluding tert-OH is 1. The Labute approximate surface area is 93.9 Å². The Bertz CT molecular complexity index is 332. The van der Waals surface area contributed by atoms with Crippen molar-refractivity contribution in [1.29, 1.82) is 0 Å². The fourth-order valence-corrected chi connectivity index (χ4v) is 1.64. The minimum Gasteiger partial charge on any atom is -0.391 e. The Morgan fingerprint density at radius 3 is 2.80 bits per heavy atom. The number of rotatable bonds is 4. The molecular formula is C11H15ClFNO. The van der Waals surface area contributed by atoms with Crippen LogP contribution in [0.1, 0.15) is 31.4 Å². The maximum Gasteiger partial charge on any atom is 0.146 e. The summed E-state index contributed by atoms with van der Waals surface area (Å²) in [5.41, 5.74) is 6.01. The van der Waals surface area contributed by atoms with Crippen LogP contribution in [0.3, 0.4) is 0 Å². The summed E-state index contributed by atoms with van der Waals surface area (Å²) in [4.78, 5) is 0. The van der Waals surface area contributed by atoms with E-state index in [1.54, 1.807) is 12.1 Å². The second-order valence-electron chi connectivity index (χ2n) is 3.52. The number of benzene rings is 1. The monoisotopic (exact) mass is 231 g/mol. The zero-order valence-corrected chi connectivity index (χ0v) is 9.34. The van der Waals surface area contributed by atoms with Gasteiger partial charge in [0.1, 0.15) is 5.82 Å². The molecule has 4 heteroatoms. The molecule has 0 radical (unpaired) electrons. The highest BCUT2D eigenvalue weighted by atomic mass is 35.5. The standard InChI is InChI=1S/C11H15ClFNO/c1-2-4-9(15)11(14)7-5-3-6-8(12)10(7)13/h3,5-6,9,11,15H,2,4,14H2,1H3/t9-,11+/m1/s1. The van der Waals surface area contributed by atoms with E-state index in [1.165, 1.54) is 6.07 Å². The van der Waals surface area contributed by atoms with Crippen LogP contribution in [0.4, 0.5) is 4.39 Å². The van der Waals surface area contributed by atoms with Crippen LogP contribution >= 0.6 is 11.6 Å². The van der Waals surface area contributed by atoms with Gasteiger partial charge in [0.25, 0.3) is 0 Å². The van der Waals surface area contributed by atoms with Gasteiger partial charge >= 0.3 is 0 Å². The second-order valence-corrected chi connectivity index (χ2v) is 3.93. The van der Waals surface area contributed by atoms with E-state index in [1.807, 2.05) is 6.92 Å². The normalized spacial score (nSPS) is 15.0. The summed E-state index contributed by atoms with van der Waals surface area (Å²) in [6, 6.07) is 3.91. The van der Waals surface area contributed by atoms with Crippen LogP contribution in [0, 0.1) is 5.82 Å². The van der Waals surface area contributed by atoms with Crippen LogP contribution in [-0.2, 0) is 0 Å². The van der Waals surface area contributed by atoms with Gasteiger partial charge in [0.2, 0.25) is 0 Å². The molecule has 0 aliphatic heterocycles. The molecule has 1 aromatic rings. The first kappa shape index (κ1) is 12.4. The largest absolute Gasteiger partial charge is 0.391 e. The highest BCUT2D eigenvalue weighted by Gasteiger charge is 2.20. The van der Waals surface area contributed by atoms with E-state index in [0.717, 1.165) is 6.42 Å². The lowest BCUT2D eigenvalue weighted by Gasteiger charge is -2.19. The molecule has 0 aliphatic carbocycles. The van der Waals surface area contributed by atoms with Crippen LogP contribution in [0.15, 0.2) is 18.2 Å². The molecule has 2 nitrogen and oxygen atoms in total. The number of aliphatic hydroxyl groups is 1. The first-order valence-corrected chi connectivity index (χ1v) is 5.33. The quantitative estimate of drug-likeness (QED) is 0.837. The van der Waals surface area contributed by atoms with E-state index < -0.39 is 18.0 Å². The van der Waals surface area contributed by atoms with Crippen molar-refractivity contribution in [3.05, 3.63) is 34.6 Å². The highest BCUT2D eigenvalue weighted by Crippen LogP contribution is 2.25. The molecule has 0 fully saturated rings. The molecule has 15 heavy (non-hydrogen) atoms. The van der Waals surface area contributed by atoms with Crippen LogP contribution in [0.25, 0.3) is 0 Å². The molecule has 84 valence electrons. The third kappa shape index (κ3) is 2.91. The Morgan fingerprint density at radius 1 is 1.53 bits per heavy atom. The van der Waals surface area contributed by atoms with E-state index in [0.29, 0.717) is 6.42 Å². The van der Waals surface area contributed by atoms with E-state index in [2.05, 4.69) is 0 Å². The molecule has 0 saturated carbocycles. The minimum atomic E-state index is -0.733. The maximum atomic E-state index is 13.5. The topological polar surface area (TPSA) is 46.2 Å². The van der Waals surface area contributed by atoms with Gasteiger partial charge in [-0.1, -0.05) is 37.1 Å². The average Bonchev–Trinajstić information content (AvgIpc) is 2.21. The predicted octanol–water partition coefficient (Wildman–Crippen LogP) is 2.64. The summed E-state index contributed by atoms with van der Waals surface area (Å²) in [6.45, 7) is 1.93. The van der Waals surface area contributed by atoms with Gasteiger partial charge in [0.05, 0.1) is 17.2 Å². The maximum absolute atomic E-state index is 13.5. The van der Waals surface area contributed by atoms with Crippen molar-refractivity contribution in [3.8, 4) is 0 Å². The van der Waals surface area contributed by atoms with Crippen LogP contribution in [0.5, 0.6) is 0 Å². The number of hydrogen-bond donors (Lipinski definition) is 2. The van der Waals surface area contributed by atoms with Crippen LogP contribution in [0.2, 0.25) is 5.02 Å². The van der Waals surface area contributed by atoms with Crippen LogP contribution in [-0.4, -0.2) is 11.2 Å². The first-order chi connectivity index (χ1) is 7.07. The van der Waals surface area contributed by atoms with Crippen molar-refractivity contribution < 1.29 is 9.50 Å². The van der Waals surface area contributed by atoms with Crippen molar-refractivity contribution in [3.63, 3.8) is 0 Å². The van der Waals surface area contributed by atoms with Crippen molar-refractivity contribution in [2.75, 3.05) is 0 Å². The van der Waals surface area contributed by atoms with Gasteiger partial charge in [-0.15, -0.1) is 0 Å². The molecule has 0 aromatic heterocycles. The van der Waals surface area contributed by atoms with Crippen LogP contribution < -0.4 is 5.73 Å². The van der Waals surface area contributed by atoms with Gasteiger partial charge in [0.15, 0.2) is 0 Å². The molecule has 3 N–H and O–H groups in total. The molecule has 0 spiro atoms. The minimum absolute atomic E-state index is 0.0339. The zero-order valence-electron chi connectivity index (χ0n) is 8.58. The van der Waals surface area contributed by atoms with E-state index in [-0.39, 0.29) is 10.6 Å². The van der Waals surface area contributed by atoms with E-state index in [9.17, 15) is 9.50 Å². The SMILES string of the molecule is CCC[C@@H](O)[C@@H](N)c1cccc(Cl)c1F. The van der Waals surface area contributed by atoms with E-state index in [4.69, 9.17) is 17.3 Å². The summed E-state index contributed by atoms with van der Waals surface area (Å²) >= 11 is 5.63. The van der Waals surface area contributed by atoms with Crippen molar-refractivity contribution >= 4 is 11.6 Å². The van der Waals surface area contributed by atoms with Gasteiger partial charge in [-0.05, 0) is 12.5 Å². The Kier molecular flexibility index (Phi) is 4.51. The molecule has 0 heterocycles. The van der Waals surface area contributed by atoms with Gasteiger partial charge in [0, 0.05) is 5.56 Å². The van der Waals surface area contributed by atoms with Crippen molar-refractivity contribution in [2.24, 2.45) is 5.73 Å². The molecule has 0 saturated heterocycles. The Balaban J connectivity index is 2.90. The lowest BCUT2D eigenvalue weighted by atomic mass is 9.99. The third-order valence-corrected chi connectivity index (χ3v) is 2.63. The Hall–Kier alpha value is -0.640. The molecule has 0 aliphatic rings. The summed E-state index contributed by atoms with van der Waals surface area (Å²) in [5.74, 6) is -0.540. The summed E-state index contributed by atoms with van der Waals surface area (Å²) in [7, 11) is 0. The number of halogens is 2. The smallest absolute Gasteiger partial charge is 0.146 e. The zero-order chi connectivity index (χ0) is 11.4. The summed E-state index contributed by atoms with van der Waals surface area (Å²) in [6.07, 6.45) is 0.618. The van der Waals surface area contributed by atoms with Crippen molar-refractivity contribution in [1.82, 2.24) is 0 Å². The fraction of sp³-hybridized carbons (Fsp3) is 0.455. The lowest BCUT2D eigenvalue weighted by Crippen LogP contribution is -2.26. The fourth-order valence-electron chi connectivity index (χ4n) is 1.46. The van der Waals surface area contributed by atoms with Gasteiger partial charge < -0.3 is 10.8 Å². The molecule has 0 unspecified atom stereocenters. The molecule has 1 rings (SSSR count). The molecule has 1 aromatic carbocycles. The van der Waals surface area contributed by atoms with Gasteiger partial charge in [-0.2, -0.15) is 0 Å².